The highest BCUT2D eigenvalue weighted by atomic mass is 16.6. The molecule has 0 aliphatic heterocycles. The molecule has 0 heterocycles. The van der Waals surface area contributed by atoms with Gasteiger partial charge in [0.25, 0.3) is 0 Å². The average Bonchev–Trinajstić information content (AvgIpc) is 2.48. The molecule has 4 nitrogen and oxygen atoms in total. The predicted octanol–water partition coefficient (Wildman–Crippen LogP) is 3.35. The van der Waals surface area contributed by atoms with Gasteiger partial charge >= 0.3 is 11.9 Å². The lowest BCUT2D eigenvalue weighted by atomic mass is 9.94. The maximum absolute atomic E-state index is 11.8. The SMILES string of the molecule is CC.CCOC(=O)C(C)(C)C(=O)OCc1ccccc1. The van der Waals surface area contributed by atoms with Crippen LogP contribution in [0.25, 0.3) is 0 Å². The largest absolute Gasteiger partial charge is 0.465 e. The molecule has 0 unspecified atom stereocenters. The monoisotopic (exact) mass is 280 g/mol. The molecular weight excluding hydrogens is 256 g/mol. The second kappa shape index (κ2) is 9.13. The quantitative estimate of drug-likeness (QED) is 0.613. The van der Waals surface area contributed by atoms with Crippen LogP contribution in [-0.2, 0) is 25.7 Å². The van der Waals surface area contributed by atoms with E-state index in [0.717, 1.165) is 5.56 Å². The number of carbonyl (C=O) groups excluding carboxylic acids is 2. The molecule has 0 aliphatic carbocycles. The maximum Gasteiger partial charge on any atom is 0.323 e. The highest BCUT2D eigenvalue weighted by molar-refractivity contribution is 5.99. The van der Waals surface area contributed by atoms with Crippen LogP contribution < -0.4 is 0 Å². The van der Waals surface area contributed by atoms with E-state index in [4.69, 9.17) is 9.47 Å². The summed E-state index contributed by atoms with van der Waals surface area (Å²) in [6.07, 6.45) is 0. The van der Waals surface area contributed by atoms with Gasteiger partial charge in [-0.1, -0.05) is 44.2 Å². The van der Waals surface area contributed by atoms with Gasteiger partial charge in [0, 0.05) is 0 Å². The highest BCUT2D eigenvalue weighted by Gasteiger charge is 2.39. The summed E-state index contributed by atoms with van der Waals surface area (Å²) < 4.78 is 9.96. The molecule has 0 amide bonds. The molecule has 4 heteroatoms. The molecular formula is C16H24O4. The van der Waals surface area contributed by atoms with Crippen molar-refractivity contribution in [1.82, 2.24) is 0 Å². The van der Waals surface area contributed by atoms with Crippen molar-refractivity contribution in [3.8, 4) is 0 Å². The Labute approximate surface area is 121 Å². The fourth-order valence-electron chi connectivity index (χ4n) is 1.30. The van der Waals surface area contributed by atoms with Crippen molar-refractivity contribution < 1.29 is 19.1 Å². The molecule has 0 N–H and O–H groups in total. The number of hydrogen-bond donors (Lipinski definition) is 0. The molecule has 1 aromatic carbocycles. The minimum absolute atomic E-state index is 0.155. The number of benzene rings is 1. The second-order valence-electron chi connectivity index (χ2n) is 4.41. The van der Waals surface area contributed by atoms with Crippen LogP contribution in [0.5, 0.6) is 0 Å². The first-order chi connectivity index (χ1) is 9.48. The van der Waals surface area contributed by atoms with E-state index >= 15 is 0 Å². The summed E-state index contributed by atoms with van der Waals surface area (Å²) in [6, 6.07) is 9.31. The molecule has 1 rings (SSSR count). The first kappa shape index (κ1) is 18.2. The zero-order chi connectivity index (χ0) is 15.6. The van der Waals surface area contributed by atoms with Gasteiger partial charge in [0.1, 0.15) is 6.61 Å². The van der Waals surface area contributed by atoms with E-state index in [0.29, 0.717) is 0 Å². The van der Waals surface area contributed by atoms with Gasteiger partial charge in [-0.15, -0.1) is 0 Å². The van der Waals surface area contributed by atoms with E-state index in [1.807, 2.05) is 44.2 Å². The summed E-state index contributed by atoms with van der Waals surface area (Å²) >= 11 is 0. The van der Waals surface area contributed by atoms with Crippen LogP contribution in [0.1, 0.15) is 40.2 Å². The molecule has 1 aromatic rings. The van der Waals surface area contributed by atoms with E-state index in [9.17, 15) is 9.59 Å². The standard InChI is InChI=1S/C14H18O4.C2H6/c1-4-17-12(15)14(2,3)13(16)18-10-11-8-6-5-7-9-11;1-2/h5-9H,4,10H2,1-3H3;1-2H3. The minimum Gasteiger partial charge on any atom is -0.465 e. The molecule has 0 fully saturated rings. The fourth-order valence-corrected chi connectivity index (χ4v) is 1.30. The molecule has 112 valence electrons. The Morgan fingerprint density at radius 2 is 1.50 bits per heavy atom. The number of carbonyl (C=O) groups is 2. The van der Waals surface area contributed by atoms with E-state index < -0.39 is 17.4 Å². The second-order valence-corrected chi connectivity index (χ2v) is 4.41. The van der Waals surface area contributed by atoms with Gasteiger partial charge in [-0.05, 0) is 26.3 Å². The van der Waals surface area contributed by atoms with Gasteiger partial charge in [-0.2, -0.15) is 0 Å². The van der Waals surface area contributed by atoms with Crippen molar-refractivity contribution in [1.29, 1.82) is 0 Å². The first-order valence-electron chi connectivity index (χ1n) is 6.87. The van der Waals surface area contributed by atoms with Gasteiger partial charge in [0.05, 0.1) is 6.61 Å². The van der Waals surface area contributed by atoms with Gasteiger partial charge < -0.3 is 9.47 Å². The number of hydrogen-bond acceptors (Lipinski definition) is 4. The Balaban J connectivity index is 0.00000172. The Hall–Kier alpha value is -1.84. The van der Waals surface area contributed by atoms with Gasteiger partial charge in [0.2, 0.25) is 0 Å². The minimum atomic E-state index is -1.27. The lowest BCUT2D eigenvalue weighted by Gasteiger charge is -2.20. The summed E-state index contributed by atoms with van der Waals surface area (Å²) in [6.45, 7) is 9.09. The summed E-state index contributed by atoms with van der Waals surface area (Å²) in [4.78, 5) is 23.4. The van der Waals surface area contributed by atoms with E-state index in [1.54, 1.807) is 6.92 Å². The third kappa shape index (κ3) is 5.43. The Morgan fingerprint density at radius 1 is 1.00 bits per heavy atom. The maximum atomic E-state index is 11.8. The predicted molar refractivity (Wildman–Crippen MR) is 78.0 cm³/mol. The van der Waals surface area contributed by atoms with Gasteiger partial charge in [-0.3, -0.25) is 9.59 Å². The van der Waals surface area contributed by atoms with Crippen molar-refractivity contribution in [2.24, 2.45) is 5.41 Å². The summed E-state index contributed by atoms with van der Waals surface area (Å²) in [5.74, 6) is -1.15. The van der Waals surface area contributed by atoms with E-state index in [-0.39, 0.29) is 13.2 Å². The van der Waals surface area contributed by atoms with Crippen LogP contribution in [0.15, 0.2) is 30.3 Å². The Morgan fingerprint density at radius 3 is 2.00 bits per heavy atom. The van der Waals surface area contributed by atoms with Crippen LogP contribution in [0.2, 0.25) is 0 Å². The van der Waals surface area contributed by atoms with Crippen LogP contribution in [0.3, 0.4) is 0 Å². The summed E-state index contributed by atoms with van der Waals surface area (Å²) in [5.41, 5.74) is -0.393. The third-order valence-electron chi connectivity index (χ3n) is 2.51. The van der Waals surface area contributed by atoms with E-state index in [1.165, 1.54) is 13.8 Å². The Bertz CT molecular complexity index is 410. The van der Waals surface area contributed by atoms with Crippen molar-refractivity contribution in [3.05, 3.63) is 35.9 Å². The number of ether oxygens (including phenoxy) is 2. The van der Waals surface area contributed by atoms with Gasteiger partial charge in [0.15, 0.2) is 5.41 Å². The van der Waals surface area contributed by atoms with Crippen molar-refractivity contribution in [2.45, 2.75) is 41.2 Å². The molecule has 0 saturated heterocycles. The normalized spacial score (nSPS) is 10.1. The third-order valence-corrected chi connectivity index (χ3v) is 2.51. The highest BCUT2D eigenvalue weighted by Crippen LogP contribution is 2.20. The van der Waals surface area contributed by atoms with Crippen molar-refractivity contribution in [3.63, 3.8) is 0 Å². The zero-order valence-corrected chi connectivity index (χ0v) is 12.9. The lowest BCUT2D eigenvalue weighted by Crippen LogP contribution is -2.36. The molecule has 0 saturated carbocycles. The molecule has 0 radical (unpaired) electrons. The topological polar surface area (TPSA) is 52.6 Å². The average molecular weight is 280 g/mol. The smallest absolute Gasteiger partial charge is 0.323 e. The summed E-state index contributed by atoms with van der Waals surface area (Å²) in [7, 11) is 0. The zero-order valence-electron chi connectivity index (χ0n) is 12.9. The van der Waals surface area contributed by atoms with Crippen molar-refractivity contribution in [2.75, 3.05) is 6.61 Å². The van der Waals surface area contributed by atoms with Crippen molar-refractivity contribution >= 4 is 11.9 Å². The molecule has 0 atom stereocenters. The lowest BCUT2D eigenvalue weighted by molar-refractivity contribution is -0.170. The molecule has 0 spiro atoms. The Kier molecular flexibility index (Phi) is 8.29. The molecule has 0 bridgehead atoms. The number of rotatable bonds is 5. The van der Waals surface area contributed by atoms with Crippen LogP contribution >= 0.6 is 0 Å². The molecule has 20 heavy (non-hydrogen) atoms. The first-order valence-corrected chi connectivity index (χ1v) is 6.87. The summed E-state index contributed by atoms with van der Waals surface area (Å²) in [5, 5.41) is 0. The van der Waals surface area contributed by atoms with Gasteiger partial charge in [-0.25, -0.2) is 0 Å². The fraction of sp³-hybridized carbons (Fsp3) is 0.500. The van der Waals surface area contributed by atoms with E-state index in [2.05, 4.69) is 0 Å². The molecule has 0 aromatic heterocycles. The van der Waals surface area contributed by atoms with Crippen LogP contribution in [-0.4, -0.2) is 18.5 Å². The van der Waals surface area contributed by atoms with Crippen LogP contribution in [0, 0.1) is 5.41 Å². The molecule has 0 aliphatic rings. The van der Waals surface area contributed by atoms with Crippen LogP contribution in [0.4, 0.5) is 0 Å². The number of esters is 2.